The number of hydrogen-bond acceptors (Lipinski definition) is 2. The molecule has 0 aliphatic rings. The lowest BCUT2D eigenvalue weighted by molar-refractivity contribution is 0.307. The number of benzene rings is 2. The topological polar surface area (TPSA) is 35.2 Å². The maximum Gasteiger partial charge on any atom is 0.157 e. The Labute approximate surface area is 131 Å². The van der Waals surface area contributed by atoms with E-state index in [-0.39, 0.29) is 6.61 Å². The molecule has 0 radical (unpaired) electrons. The summed E-state index contributed by atoms with van der Waals surface area (Å²) in [5, 5.41) is 1.65. The average Bonchev–Trinajstić information content (AvgIpc) is 2.31. The van der Waals surface area contributed by atoms with Crippen LogP contribution in [0.4, 0.5) is 5.69 Å². The van der Waals surface area contributed by atoms with Crippen molar-refractivity contribution < 1.29 is 4.74 Å². The third kappa shape index (κ3) is 3.40. The second kappa shape index (κ2) is 6.10. The molecule has 0 aliphatic heterocycles. The zero-order valence-corrected chi connectivity index (χ0v) is 12.6. The van der Waals surface area contributed by atoms with Gasteiger partial charge in [0.25, 0.3) is 0 Å². The first-order chi connectivity index (χ1) is 8.99. The number of halogens is 4. The largest absolute Gasteiger partial charge is 0.486 e. The van der Waals surface area contributed by atoms with Crippen LogP contribution >= 0.6 is 46.4 Å². The van der Waals surface area contributed by atoms with Crippen LogP contribution in [0.3, 0.4) is 0 Å². The molecule has 0 saturated carbocycles. The Bertz CT molecular complexity index is 572. The van der Waals surface area contributed by atoms with Gasteiger partial charge in [-0.05, 0) is 24.3 Å². The van der Waals surface area contributed by atoms with Gasteiger partial charge < -0.3 is 10.5 Å². The van der Waals surface area contributed by atoms with Gasteiger partial charge in [-0.3, -0.25) is 0 Å². The van der Waals surface area contributed by atoms with Crippen molar-refractivity contribution in [3.8, 4) is 5.75 Å². The van der Waals surface area contributed by atoms with Gasteiger partial charge in [0.05, 0.1) is 10.0 Å². The molecule has 0 fully saturated rings. The zero-order valence-electron chi connectivity index (χ0n) is 9.59. The van der Waals surface area contributed by atoms with Gasteiger partial charge in [-0.25, -0.2) is 0 Å². The lowest BCUT2D eigenvalue weighted by Crippen LogP contribution is -2.01. The predicted molar refractivity (Wildman–Crippen MR) is 81.7 cm³/mol. The SMILES string of the molecule is Nc1cccc(Cl)c1COc1c(Cl)cc(Cl)cc1Cl. The van der Waals surface area contributed by atoms with E-state index in [1.807, 2.05) is 0 Å². The summed E-state index contributed by atoms with van der Waals surface area (Å²) < 4.78 is 5.58. The molecule has 0 spiro atoms. The maximum absolute atomic E-state index is 6.05. The van der Waals surface area contributed by atoms with Crippen molar-refractivity contribution in [2.45, 2.75) is 6.61 Å². The zero-order chi connectivity index (χ0) is 14.0. The molecule has 19 heavy (non-hydrogen) atoms. The molecular formula is C13H9Cl4NO. The molecule has 0 aliphatic carbocycles. The lowest BCUT2D eigenvalue weighted by Gasteiger charge is -2.12. The third-order valence-electron chi connectivity index (χ3n) is 2.48. The van der Waals surface area contributed by atoms with Crippen LogP contribution in [0.5, 0.6) is 5.75 Å². The Balaban J connectivity index is 2.24. The Morgan fingerprint density at radius 3 is 2.16 bits per heavy atom. The van der Waals surface area contributed by atoms with Crippen LogP contribution in [0, 0.1) is 0 Å². The van der Waals surface area contributed by atoms with Crippen LogP contribution in [-0.2, 0) is 6.61 Å². The number of nitrogens with two attached hydrogens (primary N) is 1. The molecule has 2 aromatic carbocycles. The van der Waals surface area contributed by atoms with E-state index in [4.69, 9.17) is 56.9 Å². The first-order valence-electron chi connectivity index (χ1n) is 5.29. The van der Waals surface area contributed by atoms with E-state index in [0.717, 1.165) is 0 Å². The van der Waals surface area contributed by atoms with E-state index in [9.17, 15) is 0 Å². The molecule has 100 valence electrons. The van der Waals surface area contributed by atoms with Crippen LogP contribution < -0.4 is 10.5 Å². The fourth-order valence-corrected chi connectivity index (χ4v) is 2.70. The molecule has 0 bridgehead atoms. The minimum atomic E-state index is 0.173. The number of anilines is 1. The standard InChI is InChI=1S/C13H9Cl4NO/c14-7-4-10(16)13(11(17)5-7)19-6-8-9(15)2-1-3-12(8)18/h1-5H,6,18H2. The van der Waals surface area contributed by atoms with Crippen LogP contribution in [-0.4, -0.2) is 0 Å². The molecule has 2 rings (SSSR count). The highest BCUT2D eigenvalue weighted by molar-refractivity contribution is 6.40. The van der Waals surface area contributed by atoms with Gasteiger partial charge in [-0.2, -0.15) is 0 Å². The van der Waals surface area contributed by atoms with E-state index in [1.165, 1.54) is 0 Å². The molecule has 0 saturated heterocycles. The number of rotatable bonds is 3. The quantitative estimate of drug-likeness (QED) is 0.755. The van der Waals surface area contributed by atoms with E-state index >= 15 is 0 Å². The maximum atomic E-state index is 6.05. The van der Waals surface area contributed by atoms with Crippen molar-refractivity contribution in [3.05, 3.63) is 56.0 Å². The molecule has 2 aromatic rings. The van der Waals surface area contributed by atoms with Crippen LogP contribution in [0.15, 0.2) is 30.3 Å². The fraction of sp³-hybridized carbons (Fsp3) is 0.0769. The van der Waals surface area contributed by atoms with Crippen molar-refractivity contribution in [2.75, 3.05) is 5.73 Å². The monoisotopic (exact) mass is 335 g/mol. The highest BCUT2D eigenvalue weighted by Crippen LogP contribution is 2.37. The summed E-state index contributed by atoms with van der Waals surface area (Å²) in [6, 6.07) is 8.36. The number of nitrogen functional groups attached to an aromatic ring is 1. The van der Waals surface area contributed by atoms with Gasteiger partial charge in [-0.15, -0.1) is 0 Å². The first-order valence-corrected chi connectivity index (χ1v) is 6.80. The average molecular weight is 337 g/mol. The highest BCUT2D eigenvalue weighted by atomic mass is 35.5. The van der Waals surface area contributed by atoms with E-state index in [0.29, 0.717) is 37.1 Å². The van der Waals surface area contributed by atoms with E-state index < -0.39 is 0 Å². The smallest absolute Gasteiger partial charge is 0.157 e. The van der Waals surface area contributed by atoms with E-state index in [1.54, 1.807) is 30.3 Å². The van der Waals surface area contributed by atoms with Gasteiger partial charge >= 0.3 is 0 Å². The summed E-state index contributed by atoms with van der Waals surface area (Å²) in [5.74, 6) is 0.354. The Morgan fingerprint density at radius 2 is 1.58 bits per heavy atom. The molecule has 0 amide bonds. The molecule has 0 unspecified atom stereocenters. The van der Waals surface area contributed by atoms with Crippen LogP contribution in [0.1, 0.15) is 5.56 Å². The molecule has 2 N–H and O–H groups in total. The summed E-state index contributed by atoms with van der Waals surface area (Å²) in [4.78, 5) is 0. The molecule has 6 heteroatoms. The van der Waals surface area contributed by atoms with E-state index in [2.05, 4.69) is 0 Å². The second-order valence-electron chi connectivity index (χ2n) is 3.79. The normalized spacial score (nSPS) is 10.5. The second-order valence-corrected chi connectivity index (χ2v) is 5.45. The predicted octanol–water partition coefficient (Wildman–Crippen LogP) is 5.46. The summed E-state index contributed by atoms with van der Waals surface area (Å²) >= 11 is 23.9. The minimum absolute atomic E-state index is 0.173. The molecule has 2 nitrogen and oxygen atoms in total. The summed E-state index contributed by atoms with van der Waals surface area (Å²) in [6.07, 6.45) is 0. The molecule has 0 heterocycles. The summed E-state index contributed by atoms with van der Waals surface area (Å²) in [7, 11) is 0. The Hall–Kier alpha value is -0.800. The van der Waals surface area contributed by atoms with Crippen molar-refractivity contribution in [3.63, 3.8) is 0 Å². The Morgan fingerprint density at radius 1 is 0.947 bits per heavy atom. The summed E-state index contributed by atoms with van der Waals surface area (Å²) in [6.45, 7) is 0.173. The van der Waals surface area contributed by atoms with Gasteiger partial charge in [-0.1, -0.05) is 52.5 Å². The summed E-state index contributed by atoms with van der Waals surface area (Å²) in [5.41, 5.74) is 7.07. The highest BCUT2D eigenvalue weighted by Gasteiger charge is 2.11. The molecular weight excluding hydrogens is 328 g/mol. The van der Waals surface area contributed by atoms with Crippen LogP contribution in [0.2, 0.25) is 20.1 Å². The number of ether oxygens (including phenoxy) is 1. The van der Waals surface area contributed by atoms with Crippen molar-refractivity contribution in [1.29, 1.82) is 0 Å². The van der Waals surface area contributed by atoms with Crippen molar-refractivity contribution in [1.82, 2.24) is 0 Å². The molecule has 0 aromatic heterocycles. The lowest BCUT2D eigenvalue weighted by atomic mass is 10.2. The van der Waals surface area contributed by atoms with Gasteiger partial charge in [0.15, 0.2) is 5.75 Å². The number of hydrogen-bond donors (Lipinski definition) is 1. The molecule has 0 atom stereocenters. The van der Waals surface area contributed by atoms with Crippen molar-refractivity contribution >= 4 is 52.1 Å². The third-order valence-corrected chi connectivity index (χ3v) is 3.61. The van der Waals surface area contributed by atoms with Crippen molar-refractivity contribution in [2.24, 2.45) is 0 Å². The van der Waals surface area contributed by atoms with Gasteiger partial charge in [0, 0.05) is 21.3 Å². The Kier molecular flexibility index (Phi) is 4.69. The fourth-order valence-electron chi connectivity index (χ4n) is 1.54. The van der Waals surface area contributed by atoms with Gasteiger partial charge in [0.2, 0.25) is 0 Å². The van der Waals surface area contributed by atoms with Crippen LogP contribution in [0.25, 0.3) is 0 Å². The van der Waals surface area contributed by atoms with Gasteiger partial charge in [0.1, 0.15) is 6.61 Å². The minimum Gasteiger partial charge on any atom is -0.486 e. The first kappa shape index (κ1) is 14.6.